The molecular weight excluding hydrogens is 195 g/mol. The Hall–Kier alpha value is -0.380. The molecule has 1 aliphatic heterocycles. The summed E-state index contributed by atoms with van der Waals surface area (Å²) in [5.41, 5.74) is 0. The highest BCUT2D eigenvalue weighted by atomic mass is 31.2. The molecule has 0 aliphatic carbocycles. The summed E-state index contributed by atoms with van der Waals surface area (Å²) in [6.07, 6.45) is 0.330. The maximum atomic E-state index is 11.5. The fourth-order valence-corrected chi connectivity index (χ4v) is 2.74. The van der Waals surface area contributed by atoms with Gasteiger partial charge in [-0.3, -0.25) is 9.36 Å². The molecule has 0 spiro atoms. The molecule has 0 N–H and O–H groups in total. The largest absolute Gasteiger partial charge is 0.465 e. The molecular formula is C7H13O5P. The van der Waals surface area contributed by atoms with Crippen LogP contribution in [0.4, 0.5) is 0 Å². The molecule has 1 fully saturated rings. The molecule has 0 saturated carbocycles. The van der Waals surface area contributed by atoms with Gasteiger partial charge in [0, 0.05) is 20.0 Å². The number of hydrogen-bond acceptors (Lipinski definition) is 5. The number of rotatable bonds is 3. The van der Waals surface area contributed by atoms with Crippen LogP contribution < -0.4 is 0 Å². The van der Waals surface area contributed by atoms with Gasteiger partial charge in [0.25, 0.3) is 0 Å². The number of hydrogen-bond donors (Lipinski definition) is 0. The van der Waals surface area contributed by atoms with E-state index in [1.54, 1.807) is 0 Å². The van der Waals surface area contributed by atoms with Crippen molar-refractivity contribution in [2.24, 2.45) is 5.92 Å². The van der Waals surface area contributed by atoms with E-state index in [2.05, 4.69) is 0 Å². The Kier molecular flexibility index (Phi) is 3.47. The minimum atomic E-state index is -2.86. The highest BCUT2D eigenvalue weighted by Gasteiger charge is 2.36. The van der Waals surface area contributed by atoms with Gasteiger partial charge in [0.1, 0.15) is 0 Å². The molecule has 0 aromatic heterocycles. The maximum Gasteiger partial charge on any atom is 0.330 e. The van der Waals surface area contributed by atoms with Gasteiger partial charge in [0.05, 0.1) is 19.4 Å². The zero-order valence-electron chi connectivity index (χ0n) is 7.69. The van der Waals surface area contributed by atoms with Crippen molar-refractivity contribution in [2.45, 2.75) is 6.92 Å². The molecule has 2 unspecified atom stereocenters. The highest BCUT2D eigenvalue weighted by Crippen LogP contribution is 2.53. The Morgan fingerprint density at radius 2 is 2.38 bits per heavy atom. The Morgan fingerprint density at radius 3 is 2.85 bits per heavy atom. The first-order chi connectivity index (χ1) is 6.06. The van der Waals surface area contributed by atoms with E-state index < -0.39 is 7.60 Å². The topological polar surface area (TPSA) is 61.8 Å². The first-order valence-electron chi connectivity index (χ1n) is 3.98. The minimum Gasteiger partial charge on any atom is -0.465 e. The third kappa shape index (κ3) is 3.10. The van der Waals surface area contributed by atoms with Crippen molar-refractivity contribution in [3.8, 4) is 0 Å². The number of carbonyl (C=O) groups is 1. The van der Waals surface area contributed by atoms with Gasteiger partial charge in [-0.05, 0) is 0 Å². The van der Waals surface area contributed by atoms with Gasteiger partial charge < -0.3 is 13.8 Å². The fourth-order valence-electron chi connectivity index (χ4n) is 1.10. The van der Waals surface area contributed by atoms with Crippen molar-refractivity contribution in [1.29, 1.82) is 0 Å². The van der Waals surface area contributed by atoms with Crippen molar-refractivity contribution in [3.05, 3.63) is 0 Å². The average molecular weight is 208 g/mol. The average Bonchev–Trinajstić information content (AvgIpc) is 2.45. The second-order valence-corrected chi connectivity index (χ2v) is 5.15. The van der Waals surface area contributed by atoms with Crippen molar-refractivity contribution >= 4 is 13.6 Å². The second kappa shape index (κ2) is 4.22. The molecule has 1 aliphatic rings. The van der Waals surface area contributed by atoms with Crippen molar-refractivity contribution < 1.29 is 23.1 Å². The third-order valence-corrected chi connectivity index (χ3v) is 3.85. The Balaban J connectivity index is 2.33. The van der Waals surface area contributed by atoms with E-state index in [0.29, 0.717) is 12.8 Å². The van der Waals surface area contributed by atoms with Crippen molar-refractivity contribution in [1.82, 2.24) is 0 Å². The van der Waals surface area contributed by atoms with Gasteiger partial charge in [0.2, 0.25) is 0 Å². The first-order valence-corrected chi connectivity index (χ1v) is 5.71. The van der Waals surface area contributed by atoms with E-state index in [4.69, 9.17) is 13.8 Å². The van der Waals surface area contributed by atoms with Gasteiger partial charge >= 0.3 is 13.6 Å². The lowest BCUT2D eigenvalue weighted by molar-refractivity contribution is -0.142. The molecule has 0 bridgehead atoms. The fraction of sp³-hybridized carbons (Fsp3) is 0.857. The molecule has 13 heavy (non-hydrogen) atoms. The zero-order valence-corrected chi connectivity index (χ0v) is 8.58. The van der Waals surface area contributed by atoms with Gasteiger partial charge in [-0.25, -0.2) is 0 Å². The van der Waals surface area contributed by atoms with E-state index >= 15 is 0 Å². The lowest BCUT2D eigenvalue weighted by Gasteiger charge is -2.07. The summed E-state index contributed by atoms with van der Waals surface area (Å²) in [6, 6.07) is 0. The van der Waals surface area contributed by atoms with E-state index in [1.165, 1.54) is 14.0 Å². The molecule has 5 nitrogen and oxygen atoms in total. The van der Waals surface area contributed by atoms with E-state index in [0.717, 1.165) is 0 Å². The Labute approximate surface area is 76.9 Å². The van der Waals surface area contributed by atoms with Gasteiger partial charge in [-0.15, -0.1) is 0 Å². The maximum absolute atomic E-state index is 11.5. The van der Waals surface area contributed by atoms with Crippen LogP contribution >= 0.6 is 7.60 Å². The quantitative estimate of drug-likeness (QED) is 0.512. The van der Waals surface area contributed by atoms with Crippen LogP contribution in [0.3, 0.4) is 0 Å². The molecule has 1 saturated heterocycles. The van der Waals surface area contributed by atoms with Crippen LogP contribution in [0.2, 0.25) is 0 Å². The molecule has 1 rings (SSSR count). The summed E-state index contributed by atoms with van der Waals surface area (Å²) in [6.45, 7) is 1.92. The van der Waals surface area contributed by atoms with Crippen LogP contribution in [-0.2, 0) is 23.1 Å². The lowest BCUT2D eigenvalue weighted by atomic mass is 10.2. The second-order valence-electron chi connectivity index (χ2n) is 2.94. The number of carbonyl (C=O) groups excluding carboxylic acids is 1. The Morgan fingerprint density at radius 1 is 1.69 bits per heavy atom. The van der Waals surface area contributed by atoms with Crippen LogP contribution in [0.1, 0.15) is 6.92 Å². The number of esters is 1. The van der Waals surface area contributed by atoms with Gasteiger partial charge in [-0.1, -0.05) is 0 Å². The number of ether oxygens (including phenoxy) is 1. The van der Waals surface area contributed by atoms with Crippen LogP contribution in [0.15, 0.2) is 0 Å². The lowest BCUT2D eigenvalue weighted by Crippen LogP contribution is -2.14. The van der Waals surface area contributed by atoms with E-state index in [-0.39, 0.29) is 18.5 Å². The summed E-state index contributed by atoms with van der Waals surface area (Å²) in [5, 5.41) is 0. The summed E-state index contributed by atoms with van der Waals surface area (Å²) >= 11 is 0. The van der Waals surface area contributed by atoms with E-state index in [9.17, 15) is 9.36 Å². The summed E-state index contributed by atoms with van der Waals surface area (Å²) in [7, 11) is -1.50. The van der Waals surface area contributed by atoms with Crippen LogP contribution in [0, 0.1) is 5.92 Å². The summed E-state index contributed by atoms with van der Waals surface area (Å²) in [5.74, 6) is -0.339. The summed E-state index contributed by atoms with van der Waals surface area (Å²) < 4.78 is 25.9. The monoisotopic (exact) mass is 208 g/mol. The van der Waals surface area contributed by atoms with Gasteiger partial charge in [-0.2, -0.15) is 0 Å². The van der Waals surface area contributed by atoms with Gasteiger partial charge in [0.15, 0.2) is 0 Å². The van der Waals surface area contributed by atoms with Crippen LogP contribution in [-0.4, -0.2) is 32.5 Å². The third-order valence-electron chi connectivity index (χ3n) is 1.79. The molecule has 0 radical (unpaired) electrons. The first kappa shape index (κ1) is 10.7. The normalized spacial score (nSPS) is 33.2. The SMILES string of the molecule is COP1(=O)CC(COC(C)=O)CO1. The summed E-state index contributed by atoms with van der Waals surface area (Å²) in [4.78, 5) is 10.5. The van der Waals surface area contributed by atoms with Crippen molar-refractivity contribution in [2.75, 3.05) is 26.5 Å². The highest BCUT2D eigenvalue weighted by molar-refractivity contribution is 7.54. The Bertz CT molecular complexity index is 239. The molecule has 0 aromatic carbocycles. The predicted molar refractivity (Wildman–Crippen MR) is 45.6 cm³/mol. The molecule has 0 amide bonds. The zero-order chi connectivity index (χ0) is 9.90. The standard InChI is InChI=1S/C7H13O5P/c1-6(8)11-3-7-4-12-13(9,5-7)10-2/h7H,3-5H2,1-2H3. The van der Waals surface area contributed by atoms with E-state index in [1.807, 2.05) is 0 Å². The molecule has 76 valence electrons. The predicted octanol–water partition coefficient (Wildman–Crippen LogP) is 1.04. The molecule has 6 heteroatoms. The van der Waals surface area contributed by atoms with Crippen LogP contribution in [0.25, 0.3) is 0 Å². The molecule has 1 heterocycles. The smallest absolute Gasteiger partial charge is 0.330 e. The molecule has 2 atom stereocenters. The van der Waals surface area contributed by atoms with Crippen LogP contribution in [0.5, 0.6) is 0 Å². The minimum absolute atomic E-state index is 0.00492. The van der Waals surface area contributed by atoms with Crippen molar-refractivity contribution in [3.63, 3.8) is 0 Å². The molecule has 0 aromatic rings.